The number of anilines is 2. The van der Waals surface area contributed by atoms with E-state index in [0.717, 1.165) is 39.1 Å². The molecule has 5 rings (SSSR count). The molecule has 0 N–H and O–H groups in total. The molecule has 2 atom stereocenters. The molecular weight excluding hydrogens is 464 g/mol. The van der Waals surface area contributed by atoms with Gasteiger partial charge in [0.05, 0.1) is 7.11 Å². The van der Waals surface area contributed by atoms with Crippen molar-refractivity contribution < 1.29 is 9.53 Å². The molecule has 0 amide bonds. The highest BCUT2D eigenvalue weighted by Gasteiger charge is 2.42. The number of benzene rings is 3. The second-order valence-corrected chi connectivity index (χ2v) is 9.29. The lowest BCUT2D eigenvalue weighted by molar-refractivity contribution is -0.140. The van der Waals surface area contributed by atoms with Crippen molar-refractivity contribution >= 4 is 38.8 Å². The van der Waals surface area contributed by atoms with Crippen molar-refractivity contribution in [3.8, 4) is 0 Å². The summed E-state index contributed by atoms with van der Waals surface area (Å²) in [7, 11) is 3.60. The van der Waals surface area contributed by atoms with Crippen molar-refractivity contribution in [2.75, 3.05) is 30.5 Å². The molecule has 2 heterocycles. The number of ether oxygens (including phenoxy) is 1. The van der Waals surface area contributed by atoms with Crippen LogP contribution in [0.2, 0.25) is 0 Å². The van der Waals surface area contributed by atoms with Crippen molar-refractivity contribution in [3.63, 3.8) is 0 Å². The number of carbonyl (C=O) groups excluding carboxylic acids is 1. The number of nitrogens with zero attached hydrogens (tertiary/aromatic N) is 2. The first kappa shape index (κ1) is 20.8. The minimum Gasteiger partial charge on any atom is -0.467 e. The van der Waals surface area contributed by atoms with Crippen LogP contribution in [0.5, 0.6) is 0 Å². The van der Waals surface area contributed by atoms with Gasteiger partial charge in [0.2, 0.25) is 0 Å². The molecule has 2 aliphatic heterocycles. The van der Waals surface area contributed by atoms with E-state index < -0.39 is 6.04 Å². The summed E-state index contributed by atoms with van der Waals surface area (Å²) in [6, 6.07) is 24.6. The molecular formula is C27H25BrN2O2. The molecule has 0 bridgehead atoms. The Hall–Kier alpha value is -3.05. The Morgan fingerprint density at radius 1 is 1.03 bits per heavy atom. The third-order valence-corrected chi connectivity index (χ3v) is 6.88. The molecule has 4 nitrogen and oxygen atoms in total. The maximum Gasteiger partial charge on any atom is 0.333 e. The smallest absolute Gasteiger partial charge is 0.333 e. The Labute approximate surface area is 197 Å². The van der Waals surface area contributed by atoms with Crippen molar-refractivity contribution in [1.29, 1.82) is 0 Å². The maximum absolute atomic E-state index is 13.2. The number of esters is 1. The van der Waals surface area contributed by atoms with Gasteiger partial charge in [-0.1, -0.05) is 70.5 Å². The molecule has 0 radical (unpaired) electrons. The second kappa shape index (κ2) is 8.47. The van der Waals surface area contributed by atoms with E-state index in [2.05, 4.69) is 87.4 Å². The van der Waals surface area contributed by atoms with Gasteiger partial charge in [0.15, 0.2) is 6.04 Å². The number of hydrogen-bond acceptors (Lipinski definition) is 4. The summed E-state index contributed by atoms with van der Waals surface area (Å²) < 4.78 is 6.37. The van der Waals surface area contributed by atoms with Gasteiger partial charge in [-0.3, -0.25) is 0 Å². The minimum absolute atomic E-state index is 0.150. The predicted molar refractivity (Wildman–Crippen MR) is 133 cm³/mol. The van der Waals surface area contributed by atoms with Crippen LogP contribution in [-0.2, 0) is 16.1 Å². The zero-order valence-electron chi connectivity index (χ0n) is 18.2. The van der Waals surface area contributed by atoms with Gasteiger partial charge in [0, 0.05) is 47.5 Å². The molecule has 0 aromatic heterocycles. The van der Waals surface area contributed by atoms with Crippen LogP contribution in [0.15, 0.2) is 83.3 Å². The van der Waals surface area contributed by atoms with Crippen LogP contribution < -0.4 is 9.80 Å². The molecule has 0 fully saturated rings. The number of likely N-dealkylation sites (N-methyl/N-ethyl adjacent to an activating group) is 1. The molecule has 0 saturated heterocycles. The quantitative estimate of drug-likeness (QED) is 0.445. The molecule has 3 aromatic rings. The van der Waals surface area contributed by atoms with Crippen LogP contribution >= 0.6 is 15.9 Å². The van der Waals surface area contributed by atoms with Gasteiger partial charge in [-0.05, 0) is 41.0 Å². The molecule has 0 spiro atoms. The molecule has 5 heteroatoms. The first-order chi connectivity index (χ1) is 15.6. The zero-order chi connectivity index (χ0) is 22.2. The molecule has 1 unspecified atom stereocenters. The highest BCUT2D eigenvalue weighted by molar-refractivity contribution is 9.10. The Balaban J connectivity index is 1.68. The Bertz CT molecular complexity index is 1190. The van der Waals surface area contributed by atoms with Crippen LogP contribution in [0.4, 0.5) is 11.4 Å². The standard InChI is InChI=1S/C27H25BrN2O2/c1-29-17-20(19-10-6-11-21(28)14-19)15-22-25-23(29)12-7-13-24(25)30(26(22)27(31)32-2)16-18-8-4-3-5-9-18/h3-15,20,26H,16-17H2,1-2H3/t20?,26-/m0/s1. The van der Waals surface area contributed by atoms with E-state index in [1.54, 1.807) is 0 Å². The third kappa shape index (κ3) is 3.61. The van der Waals surface area contributed by atoms with Gasteiger partial charge in [0.1, 0.15) is 0 Å². The van der Waals surface area contributed by atoms with E-state index in [9.17, 15) is 4.79 Å². The van der Waals surface area contributed by atoms with Crippen molar-refractivity contribution in [3.05, 3.63) is 100 Å². The number of halogens is 1. The zero-order valence-corrected chi connectivity index (χ0v) is 19.7. The van der Waals surface area contributed by atoms with Crippen LogP contribution in [0.25, 0.3) is 5.57 Å². The first-order valence-corrected chi connectivity index (χ1v) is 11.6. The molecule has 0 saturated carbocycles. The summed E-state index contributed by atoms with van der Waals surface area (Å²) in [4.78, 5) is 17.6. The monoisotopic (exact) mass is 488 g/mol. The molecule has 3 aromatic carbocycles. The lowest BCUT2D eigenvalue weighted by Gasteiger charge is -2.28. The van der Waals surface area contributed by atoms with E-state index in [1.165, 1.54) is 12.7 Å². The Kier molecular flexibility index (Phi) is 5.51. The lowest BCUT2D eigenvalue weighted by atomic mass is 9.93. The predicted octanol–water partition coefficient (Wildman–Crippen LogP) is 5.63. The van der Waals surface area contributed by atoms with E-state index in [0.29, 0.717) is 6.54 Å². The summed E-state index contributed by atoms with van der Waals surface area (Å²) in [5.41, 5.74) is 6.78. The summed E-state index contributed by atoms with van der Waals surface area (Å²) in [6.45, 7) is 1.47. The fourth-order valence-electron chi connectivity index (χ4n) is 4.92. The number of rotatable bonds is 4. The fraction of sp³-hybridized carbons (Fsp3) is 0.222. The number of methoxy groups -OCH3 is 1. The SMILES string of the molecule is COC(=O)[C@@H]1C2=CC(c3cccc(Br)c3)CN(C)c3cccc(c32)N1Cc1ccccc1. The highest BCUT2D eigenvalue weighted by atomic mass is 79.9. The summed E-state index contributed by atoms with van der Waals surface area (Å²) in [6.07, 6.45) is 2.28. The van der Waals surface area contributed by atoms with Gasteiger partial charge in [-0.15, -0.1) is 0 Å². The average Bonchev–Trinajstić information content (AvgIpc) is 3.02. The molecule has 162 valence electrons. The first-order valence-electron chi connectivity index (χ1n) is 10.8. The summed E-state index contributed by atoms with van der Waals surface area (Å²) in [5.74, 6) is -0.0801. The summed E-state index contributed by atoms with van der Waals surface area (Å²) in [5, 5.41) is 0. The van der Waals surface area contributed by atoms with Crippen LogP contribution in [0.3, 0.4) is 0 Å². The third-order valence-electron chi connectivity index (χ3n) is 6.38. The topological polar surface area (TPSA) is 32.8 Å². The number of carbonyl (C=O) groups is 1. The van der Waals surface area contributed by atoms with Crippen molar-refractivity contribution in [1.82, 2.24) is 0 Å². The van der Waals surface area contributed by atoms with Crippen molar-refractivity contribution in [2.24, 2.45) is 0 Å². The van der Waals surface area contributed by atoms with Crippen LogP contribution in [0.1, 0.15) is 22.6 Å². The maximum atomic E-state index is 13.2. The van der Waals surface area contributed by atoms with Crippen LogP contribution in [-0.4, -0.2) is 32.7 Å². The minimum atomic E-state index is -0.475. The van der Waals surface area contributed by atoms with Crippen molar-refractivity contribution in [2.45, 2.75) is 18.5 Å². The van der Waals surface area contributed by atoms with Gasteiger partial charge in [-0.2, -0.15) is 0 Å². The van der Waals surface area contributed by atoms with E-state index in [4.69, 9.17) is 4.74 Å². The van der Waals surface area contributed by atoms with Crippen LogP contribution in [0, 0.1) is 0 Å². The fourth-order valence-corrected chi connectivity index (χ4v) is 5.34. The van der Waals surface area contributed by atoms with Gasteiger partial charge < -0.3 is 14.5 Å². The largest absolute Gasteiger partial charge is 0.467 e. The van der Waals surface area contributed by atoms with Gasteiger partial charge >= 0.3 is 5.97 Å². The Morgan fingerprint density at radius 2 is 1.78 bits per heavy atom. The molecule has 2 aliphatic rings. The van der Waals surface area contributed by atoms with Gasteiger partial charge in [-0.25, -0.2) is 4.79 Å². The number of hydrogen-bond donors (Lipinski definition) is 0. The summed E-state index contributed by atoms with van der Waals surface area (Å²) >= 11 is 3.61. The highest BCUT2D eigenvalue weighted by Crippen LogP contribution is 2.49. The van der Waals surface area contributed by atoms with E-state index >= 15 is 0 Å². The van der Waals surface area contributed by atoms with E-state index in [1.807, 2.05) is 24.3 Å². The van der Waals surface area contributed by atoms with Gasteiger partial charge in [0.25, 0.3) is 0 Å². The van der Waals surface area contributed by atoms with E-state index in [-0.39, 0.29) is 11.9 Å². The average molecular weight is 489 g/mol. The molecule has 0 aliphatic carbocycles. The Morgan fingerprint density at radius 3 is 2.53 bits per heavy atom. The second-order valence-electron chi connectivity index (χ2n) is 8.37. The molecule has 32 heavy (non-hydrogen) atoms. The normalized spacial score (nSPS) is 19.3. The lowest BCUT2D eigenvalue weighted by Crippen LogP contribution is -2.38.